The zero-order valence-electron chi connectivity index (χ0n) is 28.7. The van der Waals surface area contributed by atoms with Crippen LogP contribution < -0.4 is 0 Å². The van der Waals surface area contributed by atoms with Crippen molar-refractivity contribution in [3.63, 3.8) is 0 Å². The maximum absolute atomic E-state index is 14.1. The van der Waals surface area contributed by atoms with Crippen molar-refractivity contribution >= 4 is 5.78 Å². The average Bonchev–Trinajstić information content (AvgIpc) is 3.30. The van der Waals surface area contributed by atoms with Gasteiger partial charge in [0.05, 0.1) is 65.6 Å². The molecule has 2 N–H and O–H groups in total. The minimum atomic E-state index is -0.328. The van der Waals surface area contributed by atoms with Crippen molar-refractivity contribution in [3.05, 3.63) is 65.2 Å². The molecule has 8 nitrogen and oxygen atoms in total. The van der Waals surface area contributed by atoms with Crippen LogP contribution in [0.25, 0.3) is 0 Å². The standard InChI is InChI=1S/C39H56O8/c1-37-16-17-38(2)34(41)14-15-39(38,3)36(37)31(35(42)32-27-30(40)12-13-33(32)37)11-7-8-18-43-19-20-44-21-22-45-23-24-46-25-26-47-28-29-9-5-4-6-10-29/h4-6,9-10,12-13,27,31,34,36,40-41H,7-8,11,14-26,28H2,1-3H3. The van der Waals surface area contributed by atoms with Gasteiger partial charge < -0.3 is 33.9 Å². The summed E-state index contributed by atoms with van der Waals surface area (Å²) < 4.78 is 28.2. The fraction of sp³-hybridized carbons (Fsp3) is 0.667. The SMILES string of the molecule is CC12CCC3(C)C(O)CCC3(C)C1C(CCCCOCCOCCOCCOCCOCc1ccccc1)C(=O)c1cc(O)ccc12. The lowest BCUT2D eigenvalue weighted by atomic mass is 9.40. The Labute approximate surface area is 281 Å². The van der Waals surface area contributed by atoms with Gasteiger partial charge in [-0.05, 0) is 83.9 Å². The van der Waals surface area contributed by atoms with E-state index >= 15 is 0 Å². The first-order valence-corrected chi connectivity index (χ1v) is 17.7. The van der Waals surface area contributed by atoms with Gasteiger partial charge in [-0.15, -0.1) is 0 Å². The zero-order chi connectivity index (χ0) is 33.3. The molecule has 0 aromatic heterocycles. The third kappa shape index (κ3) is 7.95. The summed E-state index contributed by atoms with van der Waals surface area (Å²) in [6.07, 6.45) is 5.85. The van der Waals surface area contributed by atoms with Gasteiger partial charge in [-0.3, -0.25) is 4.79 Å². The van der Waals surface area contributed by atoms with E-state index in [9.17, 15) is 15.0 Å². The maximum Gasteiger partial charge on any atom is 0.166 e. The summed E-state index contributed by atoms with van der Waals surface area (Å²) >= 11 is 0. The minimum Gasteiger partial charge on any atom is -0.508 e. The number of carbonyl (C=O) groups excluding carboxylic acids is 1. The Bertz CT molecular complexity index is 1280. The number of ether oxygens (including phenoxy) is 5. The van der Waals surface area contributed by atoms with Crippen molar-refractivity contribution in [2.24, 2.45) is 22.7 Å². The third-order valence-electron chi connectivity index (χ3n) is 11.8. The van der Waals surface area contributed by atoms with Crippen LogP contribution in [0.5, 0.6) is 5.75 Å². The molecule has 0 radical (unpaired) electrons. The summed E-state index contributed by atoms with van der Waals surface area (Å²) in [6.45, 7) is 12.3. The van der Waals surface area contributed by atoms with E-state index in [2.05, 4.69) is 20.8 Å². The number of fused-ring (bicyclic) bond motifs is 5. The first kappa shape index (κ1) is 36.0. The smallest absolute Gasteiger partial charge is 0.166 e. The molecule has 2 saturated carbocycles. The summed E-state index contributed by atoms with van der Waals surface area (Å²) in [4.78, 5) is 14.1. The van der Waals surface area contributed by atoms with Crippen molar-refractivity contribution in [1.29, 1.82) is 0 Å². The first-order chi connectivity index (χ1) is 22.7. The van der Waals surface area contributed by atoms with E-state index in [0.717, 1.165) is 56.1 Å². The molecule has 6 unspecified atom stereocenters. The van der Waals surface area contributed by atoms with Crippen molar-refractivity contribution in [2.75, 3.05) is 59.5 Å². The van der Waals surface area contributed by atoms with Gasteiger partial charge in [0.2, 0.25) is 0 Å². The molecule has 8 heteroatoms. The fourth-order valence-corrected chi connectivity index (χ4v) is 9.05. The molecule has 0 heterocycles. The Balaban J connectivity index is 0.957. The lowest BCUT2D eigenvalue weighted by Crippen LogP contribution is -2.61. The molecule has 3 aliphatic rings. The number of aliphatic hydroxyl groups is 1. The Kier molecular flexibility index (Phi) is 12.5. The van der Waals surface area contributed by atoms with Gasteiger partial charge in [-0.25, -0.2) is 0 Å². The second kappa shape index (κ2) is 16.4. The molecule has 0 amide bonds. The molecule has 6 atom stereocenters. The molecule has 0 spiro atoms. The average molecular weight is 653 g/mol. The number of unbranched alkanes of at least 4 members (excludes halogenated alkanes) is 1. The number of carbonyl (C=O) groups is 1. The van der Waals surface area contributed by atoms with Crippen LogP contribution in [0.4, 0.5) is 0 Å². The van der Waals surface area contributed by atoms with Crippen LogP contribution in [0.15, 0.2) is 48.5 Å². The Hall–Kier alpha value is -2.33. The molecule has 0 saturated heterocycles. The summed E-state index contributed by atoms with van der Waals surface area (Å²) in [7, 11) is 0. The van der Waals surface area contributed by atoms with Gasteiger partial charge in [0.15, 0.2) is 5.78 Å². The van der Waals surface area contributed by atoms with Crippen molar-refractivity contribution in [3.8, 4) is 5.75 Å². The zero-order valence-corrected chi connectivity index (χ0v) is 28.7. The summed E-state index contributed by atoms with van der Waals surface area (Å²) in [6, 6.07) is 15.5. The second-order valence-electron chi connectivity index (χ2n) is 14.5. The highest BCUT2D eigenvalue weighted by atomic mass is 16.6. The number of aliphatic hydroxyl groups excluding tert-OH is 1. The number of ketones is 1. The number of phenolic OH excluding ortho intramolecular Hbond substituents is 1. The van der Waals surface area contributed by atoms with Crippen molar-refractivity contribution < 1.29 is 38.7 Å². The lowest BCUT2D eigenvalue weighted by molar-refractivity contribution is -0.119. The van der Waals surface area contributed by atoms with E-state index in [0.29, 0.717) is 71.6 Å². The fourth-order valence-electron chi connectivity index (χ4n) is 9.05. The normalized spacial score (nSPS) is 29.8. The summed E-state index contributed by atoms with van der Waals surface area (Å²) in [5.74, 6) is 0.318. The van der Waals surface area contributed by atoms with Crippen LogP contribution >= 0.6 is 0 Å². The molecule has 260 valence electrons. The number of aromatic hydroxyl groups is 1. The molecular formula is C39H56O8. The van der Waals surface area contributed by atoms with E-state index in [-0.39, 0.29) is 45.7 Å². The van der Waals surface area contributed by atoms with Crippen LogP contribution in [0, 0.1) is 22.7 Å². The number of rotatable bonds is 19. The number of benzene rings is 2. The molecule has 2 aromatic rings. The molecule has 2 fully saturated rings. The number of Topliss-reactive ketones (excluding diaryl/α,β-unsaturated/α-hetero) is 1. The number of hydrogen-bond acceptors (Lipinski definition) is 8. The van der Waals surface area contributed by atoms with E-state index in [4.69, 9.17) is 23.7 Å². The van der Waals surface area contributed by atoms with Crippen LogP contribution in [0.1, 0.15) is 87.2 Å². The van der Waals surface area contributed by atoms with Crippen molar-refractivity contribution in [2.45, 2.75) is 83.8 Å². The maximum atomic E-state index is 14.1. The molecule has 47 heavy (non-hydrogen) atoms. The van der Waals surface area contributed by atoms with E-state index in [1.165, 1.54) is 0 Å². The van der Waals surface area contributed by atoms with Crippen LogP contribution in [0.2, 0.25) is 0 Å². The highest BCUT2D eigenvalue weighted by molar-refractivity contribution is 6.01. The van der Waals surface area contributed by atoms with Gasteiger partial charge in [0.1, 0.15) is 5.75 Å². The van der Waals surface area contributed by atoms with Gasteiger partial charge in [-0.2, -0.15) is 0 Å². The van der Waals surface area contributed by atoms with Crippen molar-refractivity contribution in [1.82, 2.24) is 0 Å². The van der Waals surface area contributed by atoms with Crippen LogP contribution in [0.3, 0.4) is 0 Å². The van der Waals surface area contributed by atoms with E-state index in [1.54, 1.807) is 12.1 Å². The Morgan fingerprint density at radius 1 is 0.723 bits per heavy atom. The highest BCUT2D eigenvalue weighted by Gasteiger charge is 2.68. The topological polar surface area (TPSA) is 104 Å². The number of hydrogen-bond donors (Lipinski definition) is 2. The highest BCUT2D eigenvalue weighted by Crippen LogP contribution is 2.71. The van der Waals surface area contributed by atoms with Gasteiger partial charge in [0.25, 0.3) is 0 Å². The predicted molar refractivity (Wildman–Crippen MR) is 181 cm³/mol. The Morgan fingerprint density at radius 3 is 2.00 bits per heavy atom. The molecular weight excluding hydrogens is 596 g/mol. The molecule has 0 bridgehead atoms. The van der Waals surface area contributed by atoms with E-state index < -0.39 is 0 Å². The quantitative estimate of drug-likeness (QED) is 0.166. The molecule has 2 aromatic carbocycles. The summed E-state index contributed by atoms with van der Waals surface area (Å²) in [5, 5.41) is 21.4. The number of phenols is 1. The molecule has 5 rings (SSSR count). The molecule has 0 aliphatic heterocycles. The first-order valence-electron chi connectivity index (χ1n) is 17.7. The summed E-state index contributed by atoms with van der Waals surface area (Å²) in [5.41, 5.74) is 2.44. The Morgan fingerprint density at radius 2 is 1.34 bits per heavy atom. The van der Waals surface area contributed by atoms with Gasteiger partial charge >= 0.3 is 0 Å². The van der Waals surface area contributed by atoms with Crippen LogP contribution in [-0.4, -0.2) is 81.6 Å². The predicted octanol–water partition coefficient (Wildman–Crippen LogP) is 6.49. The third-order valence-corrected chi connectivity index (χ3v) is 11.8. The van der Waals surface area contributed by atoms with Gasteiger partial charge in [-0.1, -0.05) is 63.6 Å². The largest absolute Gasteiger partial charge is 0.508 e. The second-order valence-corrected chi connectivity index (χ2v) is 14.5. The monoisotopic (exact) mass is 652 g/mol. The molecule has 3 aliphatic carbocycles. The van der Waals surface area contributed by atoms with Crippen LogP contribution in [-0.2, 0) is 35.7 Å². The van der Waals surface area contributed by atoms with Gasteiger partial charge in [0, 0.05) is 18.1 Å². The minimum absolute atomic E-state index is 0.127. The van der Waals surface area contributed by atoms with E-state index in [1.807, 2.05) is 36.4 Å². The lowest BCUT2D eigenvalue weighted by Gasteiger charge is -2.63.